The summed E-state index contributed by atoms with van der Waals surface area (Å²) < 4.78 is 1.93. The molecule has 0 radical (unpaired) electrons. The van der Waals surface area contributed by atoms with E-state index in [1.165, 1.54) is 0 Å². The smallest absolute Gasteiger partial charge is 0.0837 e. The summed E-state index contributed by atoms with van der Waals surface area (Å²) in [6, 6.07) is 0.323. The molecule has 0 amide bonds. The van der Waals surface area contributed by atoms with E-state index in [0.29, 0.717) is 11.1 Å². The van der Waals surface area contributed by atoms with Crippen LogP contribution in [0.2, 0.25) is 5.02 Å². The zero-order valence-corrected chi connectivity index (χ0v) is 8.67. The largest absolute Gasteiger partial charge is 0.320 e. The monoisotopic (exact) mass is 199 g/mol. The first-order valence-electron chi connectivity index (χ1n) is 4.57. The van der Waals surface area contributed by atoms with Gasteiger partial charge in [0, 0.05) is 6.04 Å². The summed E-state index contributed by atoms with van der Waals surface area (Å²) in [7, 11) is 0. The third kappa shape index (κ3) is 1.36. The zero-order valence-electron chi connectivity index (χ0n) is 7.92. The highest BCUT2D eigenvalue weighted by Gasteiger charge is 2.44. The van der Waals surface area contributed by atoms with E-state index in [9.17, 15) is 0 Å². The molecule has 1 heterocycles. The molecule has 1 aromatic rings. The van der Waals surface area contributed by atoms with Crippen molar-refractivity contribution in [1.29, 1.82) is 0 Å². The second kappa shape index (κ2) is 2.72. The van der Waals surface area contributed by atoms with Crippen LogP contribution in [0.25, 0.3) is 0 Å². The third-order valence-electron chi connectivity index (χ3n) is 2.50. The highest BCUT2D eigenvalue weighted by atomic mass is 35.5. The van der Waals surface area contributed by atoms with Gasteiger partial charge >= 0.3 is 0 Å². The minimum atomic E-state index is -0.197. The molecule has 1 saturated carbocycles. The molecule has 0 unspecified atom stereocenters. The van der Waals surface area contributed by atoms with Crippen LogP contribution in [0, 0.1) is 0 Å². The Bertz CT molecular complexity index is 326. The fraction of sp³-hybridized carbons (Fsp3) is 0.667. The normalized spacial score (nSPS) is 19.5. The third-order valence-corrected chi connectivity index (χ3v) is 2.78. The number of aromatic nitrogens is 2. The SMILES string of the molecule is CC(C)n1ncc(Cl)c1C1(N)CC1. The van der Waals surface area contributed by atoms with Gasteiger partial charge in [-0.05, 0) is 26.7 Å². The molecule has 1 fully saturated rings. The summed E-state index contributed by atoms with van der Waals surface area (Å²) in [6.07, 6.45) is 3.72. The predicted octanol–water partition coefficient (Wildman–Crippen LogP) is 2.07. The van der Waals surface area contributed by atoms with Crippen molar-refractivity contribution in [2.24, 2.45) is 5.73 Å². The first kappa shape index (κ1) is 9.03. The first-order valence-corrected chi connectivity index (χ1v) is 4.95. The Balaban J connectivity index is 2.47. The molecular weight excluding hydrogens is 186 g/mol. The maximum Gasteiger partial charge on any atom is 0.0837 e. The topological polar surface area (TPSA) is 43.8 Å². The quantitative estimate of drug-likeness (QED) is 0.793. The molecular formula is C9H14ClN3. The molecule has 0 spiro atoms. The van der Waals surface area contributed by atoms with E-state index in [4.69, 9.17) is 17.3 Å². The Labute approximate surface area is 82.9 Å². The van der Waals surface area contributed by atoms with E-state index in [1.54, 1.807) is 6.20 Å². The number of hydrogen-bond donors (Lipinski definition) is 1. The van der Waals surface area contributed by atoms with Crippen LogP contribution in [0.4, 0.5) is 0 Å². The van der Waals surface area contributed by atoms with Gasteiger partial charge in [0.15, 0.2) is 0 Å². The molecule has 2 N–H and O–H groups in total. The van der Waals surface area contributed by atoms with Crippen molar-refractivity contribution in [2.75, 3.05) is 0 Å². The number of rotatable bonds is 2. The summed E-state index contributed by atoms with van der Waals surface area (Å²) in [5, 5.41) is 4.93. The van der Waals surface area contributed by atoms with Gasteiger partial charge < -0.3 is 5.73 Å². The molecule has 1 aromatic heterocycles. The van der Waals surface area contributed by atoms with Crippen molar-refractivity contribution < 1.29 is 0 Å². The van der Waals surface area contributed by atoms with E-state index in [0.717, 1.165) is 18.5 Å². The van der Waals surface area contributed by atoms with Gasteiger partial charge in [0.25, 0.3) is 0 Å². The predicted molar refractivity (Wildman–Crippen MR) is 52.7 cm³/mol. The van der Waals surface area contributed by atoms with Crippen molar-refractivity contribution in [2.45, 2.75) is 38.3 Å². The molecule has 0 atom stereocenters. The second-order valence-corrected chi connectivity index (χ2v) is 4.44. The first-order chi connectivity index (χ1) is 6.04. The summed E-state index contributed by atoms with van der Waals surface area (Å²) in [6.45, 7) is 4.16. The lowest BCUT2D eigenvalue weighted by Crippen LogP contribution is -2.24. The lowest BCUT2D eigenvalue weighted by Gasteiger charge is -2.15. The molecule has 72 valence electrons. The standard InChI is InChI=1S/C9H14ClN3/c1-6(2)13-8(7(10)5-12-13)9(11)3-4-9/h5-6H,3-4,11H2,1-2H3. The lowest BCUT2D eigenvalue weighted by atomic mass is 10.2. The van der Waals surface area contributed by atoms with E-state index >= 15 is 0 Å². The molecule has 0 bridgehead atoms. The average molecular weight is 200 g/mol. The molecule has 3 nitrogen and oxygen atoms in total. The van der Waals surface area contributed by atoms with Crippen LogP contribution in [0.5, 0.6) is 0 Å². The van der Waals surface area contributed by atoms with Gasteiger partial charge in [0.05, 0.1) is 22.5 Å². The summed E-state index contributed by atoms with van der Waals surface area (Å²) in [4.78, 5) is 0. The molecule has 1 aliphatic carbocycles. The van der Waals surface area contributed by atoms with Gasteiger partial charge in [0.1, 0.15) is 0 Å². The van der Waals surface area contributed by atoms with Crippen LogP contribution < -0.4 is 5.73 Å². The Kier molecular flexibility index (Phi) is 1.89. The highest BCUT2D eigenvalue weighted by Crippen LogP contribution is 2.45. The molecule has 4 heteroatoms. The van der Waals surface area contributed by atoms with Gasteiger partial charge in [-0.25, -0.2) is 0 Å². The second-order valence-electron chi connectivity index (χ2n) is 4.04. The van der Waals surface area contributed by atoms with Crippen molar-refractivity contribution in [3.8, 4) is 0 Å². The van der Waals surface area contributed by atoms with Gasteiger partial charge in [-0.2, -0.15) is 5.10 Å². The Morgan fingerprint density at radius 1 is 1.62 bits per heavy atom. The van der Waals surface area contributed by atoms with Crippen molar-refractivity contribution in [3.05, 3.63) is 16.9 Å². The lowest BCUT2D eigenvalue weighted by molar-refractivity contribution is 0.481. The highest BCUT2D eigenvalue weighted by molar-refractivity contribution is 6.31. The maximum absolute atomic E-state index is 6.11. The van der Waals surface area contributed by atoms with Crippen LogP contribution in [0.1, 0.15) is 38.4 Å². The van der Waals surface area contributed by atoms with E-state index < -0.39 is 0 Å². The number of nitrogens with zero attached hydrogens (tertiary/aromatic N) is 2. The molecule has 2 rings (SSSR count). The van der Waals surface area contributed by atoms with Crippen LogP contribution in [0.3, 0.4) is 0 Å². The Hall–Kier alpha value is -0.540. The van der Waals surface area contributed by atoms with Crippen molar-refractivity contribution >= 4 is 11.6 Å². The van der Waals surface area contributed by atoms with Gasteiger partial charge in [-0.3, -0.25) is 4.68 Å². The molecule has 0 saturated heterocycles. The number of hydrogen-bond acceptors (Lipinski definition) is 2. The minimum Gasteiger partial charge on any atom is -0.320 e. The van der Waals surface area contributed by atoms with E-state index in [-0.39, 0.29) is 5.54 Å². The fourth-order valence-electron chi connectivity index (χ4n) is 1.57. The van der Waals surface area contributed by atoms with Crippen LogP contribution in [0.15, 0.2) is 6.20 Å². The molecule has 13 heavy (non-hydrogen) atoms. The van der Waals surface area contributed by atoms with Gasteiger partial charge in [-0.1, -0.05) is 11.6 Å². The van der Waals surface area contributed by atoms with Crippen LogP contribution in [-0.4, -0.2) is 9.78 Å². The van der Waals surface area contributed by atoms with Crippen LogP contribution >= 0.6 is 11.6 Å². The van der Waals surface area contributed by atoms with E-state index in [1.807, 2.05) is 4.68 Å². The average Bonchev–Trinajstić information content (AvgIpc) is 2.62. The van der Waals surface area contributed by atoms with E-state index in [2.05, 4.69) is 18.9 Å². The summed E-state index contributed by atoms with van der Waals surface area (Å²) in [5.41, 5.74) is 6.91. The Morgan fingerprint density at radius 3 is 2.69 bits per heavy atom. The van der Waals surface area contributed by atoms with Gasteiger partial charge in [0.2, 0.25) is 0 Å². The fourth-order valence-corrected chi connectivity index (χ4v) is 1.89. The van der Waals surface area contributed by atoms with Crippen molar-refractivity contribution in [3.63, 3.8) is 0 Å². The van der Waals surface area contributed by atoms with Crippen molar-refractivity contribution in [1.82, 2.24) is 9.78 Å². The molecule has 0 aromatic carbocycles. The molecule has 0 aliphatic heterocycles. The number of nitrogens with two attached hydrogens (primary N) is 1. The summed E-state index contributed by atoms with van der Waals surface area (Å²) in [5.74, 6) is 0. The minimum absolute atomic E-state index is 0.197. The Morgan fingerprint density at radius 2 is 2.23 bits per heavy atom. The molecule has 1 aliphatic rings. The number of halogens is 1. The summed E-state index contributed by atoms with van der Waals surface area (Å²) >= 11 is 6.05. The maximum atomic E-state index is 6.11. The zero-order chi connectivity index (χ0) is 9.64. The van der Waals surface area contributed by atoms with Crippen LogP contribution in [-0.2, 0) is 5.54 Å². The van der Waals surface area contributed by atoms with Gasteiger partial charge in [-0.15, -0.1) is 0 Å².